The Hall–Kier alpha value is -5.04. The largest absolute Gasteiger partial charge is 0.399 e. The summed E-state index contributed by atoms with van der Waals surface area (Å²) in [5.74, 6) is -1.62. The summed E-state index contributed by atoms with van der Waals surface area (Å²) in [6.45, 7) is 3.91. The molecule has 0 radical (unpaired) electrons. The lowest BCUT2D eigenvalue weighted by atomic mass is 9.99. The normalized spacial score (nSPS) is 12.4. The second kappa shape index (κ2) is 9.20. The topological polar surface area (TPSA) is 110 Å². The van der Waals surface area contributed by atoms with Gasteiger partial charge in [-0.2, -0.15) is 0 Å². The Morgan fingerprint density at radius 1 is 0.703 bits per heavy atom. The summed E-state index contributed by atoms with van der Waals surface area (Å²) in [7, 11) is 0. The highest BCUT2D eigenvalue weighted by Crippen LogP contribution is 2.31. The molecule has 7 nitrogen and oxygen atoms in total. The van der Waals surface area contributed by atoms with Gasteiger partial charge in [-0.1, -0.05) is 30.3 Å². The van der Waals surface area contributed by atoms with Crippen LogP contribution in [0.4, 0.5) is 17.1 Å². The number of nitrogens with zero attached hydrogens (tertiary/aromatic N) is 1. The maximum absolute atomic E-state index is 13.3. The zero-order valence-electron chi connectivity index (χ0n) is 20.2. The molecular formula is C30H23N3O4. The third-order valence-electron chi connectivity index (χ3n) is 6.43. The van der Waals surface area contributed by atoms with E-state index in [-0.39, 0.29) is 16.9 Å². The second-order valence-corrected chi connectivity index (χ2v) is 8.96. The highest BCUT2D eigenvalue weighted by Gasteiger charge is 2.37. The smallest absolute Gasteiger partial charge is 0.266 e. The zero-order chi connectivity index (χ0) is 26.3. The van der Waals surface area contributed by atoms with Gasteiger partial charge in [0.2, 0.25) is 0 Å². The van der Waals surface area contributed by atoms with Gasteiger partial charge in [0, 0.05) is 28.1 Å². The lowest BCUT2D eigenvalue weighted by molar-refractivity contribution is 0.0923. The standard InChI is InChI=1S/C30H23N3O4/c1-17-9-10-20(13-18(17)2)27(34)19-5-4-8-24(15-19)33-29(36)25-12-11-23(16-26(25)30(33)37)32-28(35)21-6-3-7-22(31)14-21/h3-16H,31H2,1-2H3,(H,32,35). The first-order valence-corrected chi connectivity index (χ1v) is 11.6. The predicted octanol–water partition coefficient (Wildman–Crippen LogP) is 5.17. The van der Waals surface area contributed by atoms with Crippen molar-refractivity contribution < 1.29 is 19.2 Å². The highest BCUT2D eigenvalue weighted by molar-refractivity contribution is 6.35. The van der Waals surface area contributed by atoms with Crippen LogP contribution in [0.15, 0.2) is 84.9 Å². The molecule has 1 aliphatic heterocycles. The molecule has 0 bridgehead atoms. The molecule has 0 fully saturated rings. The van der Waals surface area contributed by atoms with Crippen molar-refractivity contribution in [2.75, 3.05) is 16.0 Å². The molecule has 0 saturated carbocycles. The summed E-state index contributed by atoms with van der Waals surface area (Å²) in [5.41, 5.74) is 10.6. The molecule has 4 aromatic rings. The molecule has 182 valence electrons. The number of nitrogens with one attached hydrogen (secondary N) is 1. The van der Waals surface area contributed by atoms with Crippen LogP contribution >= 0.6 is 0 Å². The van der Waals surface area contributed by atoms with E-state index in [2.05, 4.69) is 5.32 Å². The van der Waals surface area contributed by atoms with Crippen molar-refractivity contribution in [1.29, 1.82) is 0 Å². The van der Waals surface area contributed by atoms with Crippen molar-refractivity contribution in [2.24, 2.45) is 0 Å². The number of aryl methyl sites for hydroxylation is 2. The molecule has 0 atom stereocenters. The number of carbonyl (C=O) groups is 4. The number of fused-ring (bicyclic) bond motifs is 1. The molecule has 37 heavy (non-hydrogen) atoms. The third-order valence-corrected chi connectivity index (χ3v) is 6.43. The second-order valence-electron chi connectivity index (χ2n) is 8.96. The van der Waals surface area contributed by atoms with Gasteiger partial charge in [0.05, 0.1) is 16.8 Å². The first-order valence-electron chi connectivity index (χ1n) is 11.6. The Morgan fingerprint density at radius 2 is 1.41 bits per heavy atom. The molecule has 7 heteroatoms. The fourth-order valence-corrected chi connectivity index (χ4v) is 4.27. The van der Waals surface area contributed by atoms with Crippen LogP contribution in [0.5, 0.6) is 0 Å². The number of hydrogen-bond acceptors (Lipinski definition) is 5. The van der Waals surface area contributed by atoms with Gasteiger partial charge in [-0.25, -0.2) is 4.90 Å². The van der Waals surface area contributed by atoms with Crippen LogP contribution in [0.25, 0.3) is 0 Å². The number of amides is 3. The molecule has 1 heterocycles. The Kier molecular flexibility index (Phi) is 5.89. The number of rotatable bonds is 5. The molecule has 1 aliphatic rings. The number of nitrogen functional groups attached to an aromatic ring is 1. The molecular weight excluding hydrogens is 466 g/mol. The lowest BCUT2D eigenvalue weighted by Crippen LogP contribution is -2.29. The Bertz CT molecular complexity index is 1620. The zero-order valence-corrected chi connectivity index (χ0v) is 20.2. The van der Waals surface area contributed by atoms with Crippen LogP contribution in [-0.4, -0.2) is 23.5 Å². The van der Waals surface area contributed by atoms with Crippen molar-refractivity contribution >= 4 is 40.6 Å². The third kappa shape index (κ3) is 4.38. The Labute approximate surface area is 213 Å². The van der Waals surface area contributed by atoms with E-state index in [1.54, 1.807) is 60.7 Å². The molecule has 0 unspecified atom stereocenters. The number of carbonyl (C=O) groups excluding carboxylic acids is 4. The van der Waals surface area contributed by atoms with Crippen molar-refractivity contribution in [3.05, 3.63) is 124 Å². The lowest BCUT2D eigenvalue weighted by Gasteiger charge is -2.15. The minimum absolute atomic E-state index is 0.168. The van der Waals surface area contributed by atoms with Gasteiger partial charge in [0.25, 0.3) is 17.7 Å². The van der Waals surface area contributed by atoms with Gasteiger partial charge >= 0.3 is 0 Å². The molecule has 5 rings (SSSR count). The quantitative estimate of drug-likeness (QED) is 0.228. The minimum Gasteiger partial charge on any atom is -0.399 e. The summed E-state index contributed by atoms with van der Waals surface area (Å²) < 4.78 is 0. The predicted molar refractivity (Wildman–Crippen MR) is 142 cm³/mol. The SMILES string of the molecule is Cc1ccc(C(=O)c2cccc(N3C(=O)c4ccc(NC(=O)c5cccc(N)c5)cc4C3=O)c2)cc1C. The van der Waals surface area contributed by atoms with Crippen LogP contribution in [0.1, 0.15) is 58.1 Å². The van der Waals surface area contributed by atoms with Gasteiger partial charge < -0.3 is 11.1 Å². The van der Waals surface area contributed by atoms with Crippen molar-refractivity contribution in [1.82, 2.24) is 0 Å². The first-order chi connectivity index (χ1) is 17.7. The van der Waals surface area contributed by atoms with E-state index in [9.17, 15) is 19.2 Å². The molecule has 0 aliphatic carbocycles. The molecule has 0 saturated heterocycles. The molecule has 3 N–H and O–H groups in total. The van der Waals surface area contributed by atoms with E-state index in [4.69, 9.17) is 5.73 Å². The van der Waals surface area contributed by atoms with E-state index in [1.807, 2.05) is 26.0 Å². The van der Waals surface area contributed by atoms with Gasteiger partial charge in [-0.15, -0.1) is 0 Å². The average Bonchev–Trinajstić information content (AvgIpc) is 3.14. The summed E-state index contributed by atoms with van der Waals surface area (Å²) in [5, 5.41) is 2.73. The Balaban J connectivity index is 1.41. The van der Waals surface area contributed by atoms with Gasteiger partial charge in [-0.3, -0.25) is 19.2 Å². The van der Waals surface area contributed by atoms with Gasteiger partial charge in [-0.05, 0) is 79.6 Å². The fourth-order valence-electron chi connectivity index (χ4n) is 4.27. The van der Waals surface area contributed by atoms with Gasteiger partial charge in [0.1, 0.15) is 0 Å². The summed E-state index contributed by atoms with van der Waals surface area (Å²) in [6, 6.07) is 23.0. The number of anilines is 3. The number of nitrogens with two attached hydrogens (primary N) is 1. The van der Waals surface area contributed by atoms with Crippen LogP contribution in [0.3, 0.4) is 0 Å². The summed E-state index contributed by atoms with van der Waals surface area (Å²) in [6.07, 6.45) is 0. The number of hydrogen-bond donors (Lipinski definition) is 2. The fraction of sp³-hybridized carbons (Fsp3) is 0.0667. The molecule has 0 spiro atoms. The maximum Gasteiger partial charge on any atom is 0.266 e. The van der Waals surface area contributed by atoms with E-state index < -0.39 is 17.7 Å². The average molecular weight is 490 g/mol. The monoisotopic (exact) mass is 489 g/mol. The number of imide groups is 1. The van der Waals surface area contributed by atoms with E-state index in [0.29, 0.717) is 33.8 Å². The van der Waals surface area contributed by atoms with Crippen molar-refractivity contribution in [2.45, 2.75) is 13.8 Å². The number of benzene rings is 4. The molecule has 4 aromatic carbocycles. The van der Waals surface area contributed by atoms with E-state index in [0.717, 1.165) is 16.0 Å². The van der Waals surface area contributed by atoms with Crippen LogP contribution in [0.2, 0.25) is 0 Å². The summed E-state index contributed by atoms with van der Waals surface area (Å²) >= 11 is 0. The molecule has 0 aromatic heterocycles. The minimum atomic E-state index is -0.532. The summed E-state index contributed by atoms with van der Waals surface area (Å²) in [4.78, 5) is 53.2. The van der Waals surface area contributed by atoms with Crippen LogP contribution < -0.4 is 16.0 Å². The number of ketones is 1. The van der Waals surface area contributed by atoms with E-state index >= 15 is 0 Å². The van der Waals surface area contributed by atoms with Crippen molar-refractivity contribution in [3.8, 4) is 0 Å². The first kappa shape index (κ1) is 23.7. The van der Waals surface area contributed by atoms with Crippen LogP contribution in [-0.2, 0) is 0 Å². The highest BCUT2D eigenvalue weighted by atomic mass is 16.2. The molecule has 3 amide bonds. The van der Waals surface area contributed by atoms with Crippen LogP contribution in [0, 0.1) is 13.8 Å². The Morgan fingerprint density at radius 3 is 2.16 bits per heavy atom. The van der Waals surface area contributed by atoms with Gasteiger partial charge in [0.15, 0.2) is 5.78 Å². The van der Waals surface area contributed by atoms with Crippen molar-refractivity contribution in [3.63, 3.8) is 0 Å². The maximum atomic E-state index is 13.3. The van der Waals surface area contributed by atoms with E-state index in [1.165, 1.54) is 12.1 Å².